The molecule has 5 aromatic rings. The molecular formula is C25H19N3O3. The van der Waals surface area contributed by atoms with E-state index < -0.39 is 0 Å². The number of carbonyl (C=O) groups is 1. The summed E-state index contributed by atoms with van der Waals surface area (Å²) >= 11 is 0. The summed E-state index contributed by atoms with van der Waals surface area (Å²) in [5, 5.41) is 0.790. The number of aromatic nitrogens is 2. The van der Waals surface area contributed by atoms with Crippen LogP contribution < -0.4 is 0 Å². The van der Waals surface area contributed by atoms with Gasteiger partial charge in [-0.3, -0.25) is 9.78 Å². The van der Waals surface area contributed by atoms with E-state index in [4.69, 9.17) is 8.83 Å². The molecule has 4 aromatic heterocycles. The molecule has 6 heteroatoms. The number of rotatable bonds is 6. The average Bonchev–Trinajstić information content (AvgIpc) is 3.53. The Morgan fingerprint density at radius 2 is 1.77 bits per heavy atom. The zero-order valence-electron chi connectivity index (χ0n) is 16.6. The molecule has 0 saturated carbocycles. The molecule has 6 nitrogen and oxygen atoms in total. The monoisotopic (exact) mass is 409 g/mol. The van der Waals surface area contributed by atoms with Crippen molar-refractivity contribution in [1.82, 2.24) is 14.9 Å². The number of hydrogen-bond donors (Lipinski definition) is 0. The number of amides is 1. The number of carbonyl (C=O) groups excluding carboxylic acids is 1. The minimum Gasteiger partial charge on any atom is -0.467 e. The number of fused-ring (bicyclic) bond motifs is 1. The van der Waals surface area contributed by atoms with Crippen LogP contribution in [0, 0.1) is 0 Å². The van der Waals surface area contributed by atoms with Crippen molar-refractivity contribution in [1.29, 1.82) is 0 Å². The second-order valence-electron chi connectivity index (χ2n) is 7.15. The Morgan fingerprint density at radius 1 is 0.903 bits per heavy atom. The van der Waals surface area contributed by atoms with Gasteiger partial charge in [0.2, 0.25) is 0 Å². The fourth-order valence-corrected chi connectivity index (χ4v) is 3.58. The van der Waals surface area contributed by atoms with Crippen LogP contribution in [-0.4, -0.2) is 20.8 Å². The lowest BCUT2D eigenvalue weighted by Crippen LogP contribution is -2.30. The van der Waals surface area contributed by atoms with Crippen molar-refractivity contribution in [3.05, 3.63) is 109 Å². The van der Waals surface area contributed by atoms with Gasteiger partial charge >= 0.3 is 0 Å². The van der Waals surface area contributed by atoms with E-state index in [1.807, 2.05) is 54.6 Å². The standard InChI is InChI=1S/C25H19N3O3/c29-25(28(17-19-7-4-12-30-19)16-18-6-3-11-26-15-18)21-14-23(24-10-5-13-31-24)27-22-9-2-1-8-20(21)22/h1-15H,16-17H2. The molecule has 0 unspecified atom stereocenters. The van der Waals surface area contributed by atoms with Crippen molar-refractivity contribution in [3.8, 4) is 11.5 Å². The number of hydrogen-bond acceptors (Lipinski definition) is 5. The molecule has 0 aliphatic rings. The summed E-state index contributed by atoms with van der Waals surface area (Å²) in [6.45, 7) is 0.744. The number of furan rings is 2. The Morgan fingerprint density at radius 3 is 2.55 bits per heavy atom. The maximum absolute atomic E-state index is 13.8. The van der Waals surface area contributed by atoms with Crippen LogP contribution in [-0.2, 0) is 13.1 Å². The van der Waals surface area contributed by atoms with E-state index in [1.165, 1.54) is 0 Å². The molecule has 0 aliphatic carbocycles. The van der Waals surface area contributed by atoms with Gasteiger partial charge in [-0.05, 0) is 48.0 Å². The molecule has 0 aliphatic heterocycles. The van der Waals surface area contributed by atoms with Crippen LogP contribution in [0.5, 0.6) is 0 Å². The highest BCUT2D eigenvalue weighted by atomic mass is 16.3. The lowest BCUT2D eigenvalue weighted by molar-refractivity contribution is 0.0719. The van der Waals surface area contributed by atoms with Crippen molar-refractivity contribution in [3.63, 3.8) is 0 Å². The van der Waals surface area contributed by atoms with Crippen LogP contribution in [0.4, 0.5) is 0 Å². The van der Waals surface area contributed by atoms with E-state index in [2.05, 4.69) is 9.97 Å². The van der Waals surface area contributed by atoms with Gasteiger partial charge in [0, 0.05) is 24.3 Å². The van der Waals surface area contributed by atoms with Crippen molar-refractivity contribution < 1.29 is 13.6 Å². The first-order valence-corrected chi connectivity index (χ1v) is 9.92. The summed E-state index contributed by atoms with van der Waals surface area (Å²) in [7, 11) is 0. The molecular weight excluding hydrogens is 390 g/mol. The minimum absolute atomic E-state index is 0.119. The normalized spacial score (nSPS) is 11.0. The number of pyridine rings is 2. The maximum atomic E-state index is 13.8. The van der Waals surface area contributed by atoms with Crippen LogP contribution in [0.3, 0.4) is 0 Å². The van der Waals surface area contributed by atoms with E-state index in [1.54, 1.807) is 42.0 Å². The van der Waals surface area contributed by atoms with Crippen LogP contribution in [0.1, 0.15) is 21.7 Å². The van der Waals surface area contributed by atoms with E-state index >= 15 is 0 Å². The van der Waals surface area contributed by atoms with Gasteiger partial charge in [0.25, 0.3) is 5.91 Å². The molecule has 4 heterocycles. The molecule has 31 heavy (non-hydrogen) atoms. The zero-order chi connectivity index (χ0) is 21.0. The Hall–Kier alpha value is -4.19. The predicted molar refractivity (Wildman–Crippen MR) is 116 cm³/mol. The molecule has 0 N–H and O–H groups in total. The summed E-state index contributed by atoms with van der Waals surface area (Å²) < 4.78 is 11.1. The first kappa shape index (κ1) is 18.8. The van der Waals surface area contributed by atoms with Crippen LogP contribution in [0.25, 0.3) is 22.4 Å². The second-order valence-corrected chi connectivity index (χ2v) is 7.15. The smallest absolute Gasteiger partial charge is 0.255 e. The van der Waals surface area contributed by atoms with Gasteiger partial charge in [0.05, 0.1) is 30.2 Å². The van der Waals surface area contributed by atoms with Crippen LogP contribution in [0.15, 0.2) is 100 Å². The molecule has 0 saturated heterocycles. The van der Waals surface area contributed by atoms with Gasteiger partial charge in [-0.15, -0.1) is 0 Å². The summed E-state index contributed by atoms with van der Waals surface area (Å²) in [4.78, 5) is 24.4. The molecule has 0 bridgehead atoms. The quantitative estimate of drug-likeness (QED) is 0.379. The molecule has 152 valence electrons. The fourth-order valence-electron chi connectivity index (χ4n) is 3.58. The van der Waals surface area contributed by atoms with Gasteiger partial charge in [-0.2, -0.15) is 0 Å². The number of para-hydroxylation sites is 1. The Balaban J connectivity index is 1.59. The Labute approximate surface area is 178 Å². The summed E-state index contributed by atoms with van der Waals surface area (Å²) in [5.41, 5.74) is 2.85. The lowest BCUT2D eigenvalue weighted by atomic mass is 10.0. The molecule has 0 radical (unpaired) electrons. The molecule has 1 amide bonds. The van der Waals surface area contributed by atoms with Crippen molar-refractivity contribution >= 4 is 16.8 Å². The van der Waals surface area contributed by atoms with Crippen LogP contribution in [0.2, 0.25) is 0 Å². The first-order chi connectivity index (χ1) is 15.3. The third-order valence-corrected chi connectivity index (χ3v) is 5.03. The fraction of sp³-hybridized carbons (Fsp3) is 0.0800. The predicted octanol–water partition coefficient (Wildman–Crippen LogP) is 5.33. The lowest BCUT2D eigenvalue weighted by Gasteiger charge is -2.23. The maximum Gasteiger partial charge on any atom is 0.255 e. The first-order valence-electron chi connectivity index (χ1n) is 9.92. The third kappa shape index (κ3) is 3.96. The average molecular weight is 409 g/mol. The highest BCUT2D eigenvalue weighted by molar-refractivity contribution is 6.07. The van der Waals surface area contributed by atoms with Crippen molar-refractivity contribution in [2.24, 2.45) is 0 Å². The SMILES string of the molecule is O=C(c1cc(-c2ccco2)nc2ccccc12)N(Cc1cccnc1)Cc1ccco1. The molecule has 1 aromatic carbocycles. The van der Waals surface area contributed by atoms with Gasteiger partial charge in [0.1, 0.15) is 11.5 Å². The molecule has 0 fully saturated rings. The number of benzene rings is 1. The van der Waals surface area contributed by atoms with Gasteiger partial charge in [-0.25, -0.2) is 4.98 Å². The molecule has 5 rings (SSSR count). The summed E-state index contributed by atoms with van der Waals surface area (Å²) in [5.74, 6) is 1.21. The van der Waals surface area contributed by atoms with Crippen molar-refractivity contribution in [2.45, 2.75) is 13.1 Å². The van der Waals surface area contributed by atoms with Gasteiger partial charge in [-0.1, -0.05) is 24.3 Å². The Kier molecular flexibility index (Phi) is 5.02. The number of nitrogens with zero attached hydrogens (tertiary/aromatic N) is 3. The van der Waals surface area contributed by atoms with Gasteiger partial charge < -0.3 is 13.7 Å². The third-order valence-electron chi connectivity index (χ3n) is 5.03. The van der Waals surface area contributed by atoms with Crippen LogP contribution >= 0.6 is 0 Å². The topological polar surface area (TPSA) is 72.4 Å². The van der Waals surface area contributed by atoms with E-state index in [0.29, 0.717) is 35.9 Å². The highest BCUT2D eigenvalue weighted by Gasteiger charge is 2.22. The van der Waals surface area contributed by atoms with E-state index in [0.717, 1.165) is 16.5 Å². The largest absolute Gasteiger partial charge is 0.467 e. The minimum atomic E-state index is -0.119. The van der Waals surface area contributed by atoms with Gasteiger partial charge in [0.15, 0.2) is 5.76 Å². The van der Waals surface area contributed by atoms with E-state index in [-0.39, 0.29) is 5.91 Å². The van der Waals surface area contributed by atoms with E-state index in [9.17, 15) is 4.79 Å². The van der Waals surface area contributed by atoms with Crippen molar-refractivity contribution in [2.75, 3.05) is 0 Å². The Bertz CT molecular complexity index is 1300. The highest BCUT2D eigenvalue weighted by Crippen LogP contribution is 2.27. The summed E-state index contributed by atoms with van der Waals surface area (Å²) in [6.07, 6.45) is 6.69. The summed E-state index contributed by atoms with van der Waals surface area (Å²) in [6, 6.07) is 20.6. The molecule has 0 spiro atoms. The molecule has 0 atom stereocenters. The zero-order valence-corrected chi connectivity index (χ0v) is 16.6. The second kappa shape index (κ2) is 8.28.